The minimum atomic E-state index is -4.56. The number of carbonyl (C=O) groups is 1. The van der Waals surface area contributed by atoms with E-state index in [-0.39, 0.29) is 19.1 Å². The van der Waals surface area contributed by atoms with Crippen LogP contribution in [0.15, 0.2) is 0 Å². The fourth-order valence-corrected chi connectivity index (χ4v) is 7.82. The van der Waals surface area contributed by atoms with Gasteiger partial charge in [-0.2, -0.15) is 0 Å². The van der Waals surface area contributed by atoms with Gasteiger partial charge in [0.25, 0.3) is 7.82 Å². The Morgan fingerprint density at radius 3 is 1.26 bits per heavy atom. The highest BCUT2D eigenvalue weighted by atomic mass is 31.2. The summed E-state index contributed by atoms with van der Waals surface area (Å²) in [6.45, 7) is 4.74. The summed E-state index contributed by atoms with van der Waals surface area (Å²) in [4.78, 5) is 25.3. The third-order valence-electron chi connectivity index (χ3n) is 10.8. The molecule has 0 aliphatic rings. The largest absolute Gasteiger partial charge is 0.756 e. The summed E-state index contributed by atoms with van der Waals surface area (Å²) < 4.78 is 23.3. The number of aliphatic hydroxyl groups excluding tert-OH is 1. The van der Waals surface area contributed by atoms with Gasteiger partial charge in [0.15, 0.2) is 0 Å². The van der Waals surface area contributed by atoms with Gasteiger partial charge < -0.3 is 28.8 Å². The third-order valence-corrected chi connectivity index (χ3v) is 11.8. The Balaban J connectivity index is 4.26. The first-order valence-electron chi connectivity index (χ1n) is 23.4. The van der Waals surface area contributed by atoms with Crippen molar-refractivity contribution in [3.8, 4) is 0 Å². The minimum Gasteiger partial charge on any atom is -0.756 e. The molecule has 0 bridgehead atoms. The number of carbonyl (C=O) groups excluding carboxylic acids is 1. The molecule has 0 aromatic rings. The Morgan fingerprint density at radius 2 is 0.907 bits per heavy atom. The van der Waals surface area contributed by atoms with E-state index in [1.807, 2.05) is 21.1 Å². The van der Waals surface area contributed by atoms with Gasteiger partial charge in [-0.25, -0.2) is 0 Å². The molecule has 324 valence electrons. The summed E-state index contributed by atoms with van der Waals surface area (Å²) in [6.07, 6.45) is 41.0. The number of amides is 1. The van der Waals surface area contributed by atoms with E-state index in [1.54, 1.807) is 0 Å². The lowest BCUT2D eigenvalue weighted by Crippen LogP contribution is -2.46. The smallest absolute Gasteiger partial charge is 0.268 e. The Hall–Kier alpha value is -0.500. The maximum atomic E-state index is 12.9. The van der Waals surface area contributed by atoms with E-state index >= 15 is 0 Å². The monoisotopic (exact) mass is 789 g/mol. The summed E-state index contributed by atoms with van der Waals surface area (Å²) in [5, 5.41) is 13.9. The molecule has 54 heavy (non-hydrogen) atoms. The number of phosphoric ester groups is 1. The van der Waals surface area contributed by atoms with Crippen molar-refractivity contribution in [3.05, 3.63) is 0 Å². The number of nitrogens with one attached hydrogen (secondary N) is 1. The van der Waals surface area contributed by atoms with E-state index in [2.05, 4.69) is 19.2 Å². The predicted octanol–water partition coefficient (Wildman–Crippen LogP) is 12.3. The number of hydrogen-bond acceptors (Lipinski definition) is 6. The molecule has 2 N–H and O–H groups in total. The molecule has 9 heteroatoms. The summed E-state index contributed by atoms with van der Waals surface area (Å²) in [5.74, 6) is -0.160. The van der Waals surface area contributed by atoms with Crippen molar-refractivity contribution in [2.45, 2.75) is 244 Å². The molecule has 0 saturated heterocycles. The number of nitrogens with zero attached hydrogens (tertiary/aromatic N) is 1. The van der Waals surface area contributed by atoms with E-state index in [0.717, 1.165) is 38.5 Å². The first-order chi connectivity index (χ1) is 26.0. The zero-order chi connectivity index (χ0) is 40.0. The van der Waals surface area contributed by atoms with Crippen LogP contribution in [0.4, 0.5) is 0 Å². The number of phosphoric acid groups is 1. The van der Waals surface area contributed by atoms with Crippen molar-refractivity contribution in [2.75, 3.05) is 40.9 Å². The fourth-order valence-electron chi connectivity index (χ4n) is 7.10. The molecule has 0 aromatic heterocycles. The fraction of sp³-hybridized carbons (Fsp3) is 0.978. The molecule has 0 rings (SSSR count). The van der Waals surface area contributed by atoms with E-state index in [9.17, 15) is 19.4 Å². The van der Waals surface area contributed by atoms with E-state index < -0.39 is 20.0 Å². The first-order valence-corrected chi connectivity index (χ1v) is 24.8. The predicted molar refractivity (Wildman–Crippen MR) is 229 cm³/mol. The standard InChI is InChI=1S/C45H93N2O6P/c1-6-8-10-12-14-16-18-20-21-22-23-24-25-27-29-31-33-35-37-39-45(49)46-43(42-53-54(50,51)52-41-40-47(3,4)5)44(48)38-36-34-32-30-28-26-19-17-15-13-11-9-7-2/h43-44,48H,6-42H2,1-5H3,(H-,46,49,50,51). The van der Waals surface area contributed by atoms with Crippen LogP contribution in [0, 0.1) is 0 Å². The van der Waals surface area contributed by atoms with Gasteiger partial charge in [-0.3, -0.25) is 9.36 Å². The molecule has 0 saturated carbocycles. The maximum Gasteiger partial charge on any atom is 0.268 e. The quantitative estimate of drug-likeness (QED) is 0.0362. The Morgan fingerprint density at radius 1 is 0.574 bits per heavy atom. The van der Waals surface area contributed by atoms with Gasteiger partial charge >= 0.3 is 0 Å². The summed E-state index contributed by atoms with van der Waals surface area (Å²) in [5.41, 5.74) is 0. The highest BCUT2D eigenvalue weighted by Gasteiger charge is 2.24. The molecule has 0 spiro atoms. The Kier molecular flexibility index (Phi) is 37.7. The van der Waals surface area contributed by atoms with Crippen LogP contribution >= 0.6 is 7.82 Å². The molecule has 3 unspecified atom stereocenters. The Bertz CT molecular complexity index is 855. The van der Waals surface area contributed by atoms with Gasteiger partial charge in [-0.15, -0.1) is 0 Å². The number of aliphatic hydroxyl groups is 1. The van der Waals surface area contributed by atoms with Crippen LogP contribution in [0.3, 0.4) is 0 Å². The summed E-state index contributed by atoms with van der Waals surface area (Å²) >= 11 is 0. The van der Waals surface area contributed by atoms with Crippen LogP contribution < -0.4 is 10.2 Å². The lowest BCUT2D eigenvalue weighted by Gasteiger charge is -2.30. The highest BCUT2D eigenvalue weighted by Crippen LogP contribution is 2.38. The second-order valence-electron chi connectivity index (χ2n) is 17.5. The van der Waals surface area contributed by atoms with Gasteiger partial charge in [0, 0.05) is 6.42 Å². The molecule has 0 aliphatic carbocycles. The molecule has 3 atom stereocenters. The van der Waals surface area contributed by atoms with Gasteiger partial charge in [0.1, 0.15) is 13.2 Å². The maximum absolute atomic E-state index is 12.9. The average molecular weight is 789 g/mol. The zero-order valence-electron chi connectivity index (χ0n) is 36.7. The topological polar surface area (TPSA) is 108 Å². The number of unbranched alkanes of at least 4 members (excludes halogenated alkanes) is 30. The average Bonchev–Trinajstić information content (AvgIpc) is 3.12. The van der Waals surface area contributed by atoms with Crippen molar-refractivity contribution in [1.82, 2.24) is 5.32 Å². The van der Waals surface area contributed by atoms with Gasteiger partial charge in [-0.05, 0) is 12.8 Å². The third kappa shape index (κ3) is 39.7. The van der Waals surface area contributed by atoms with Crippen LogP contribution in [0.2, 0.25) is 0 Å². The summed E-state index contributed by atoms with van der Waals surface area (Å²) in [7, 11) is 1.32. The number of hydrogen-bond donors (Lipinski definition) is 2. The van der Waals surface area contributed by atoms with Gasteiger partial charge in [0.05, 0.1) is 39.9 Å². The normalized spacial score (nSPS) is 14.3. The van der Waals surface area contributed by atoms with Crippen molar-refractivity contribution >= 4 is 13.7 Å². The van der Waals surface area contributed by atoms with E-state index in [4.69, 9.17) is 9.05 Å². The number of quaternary nitrogens is 1. The number of likely N-dealkylation sites (N-methyl/N-ethyl adjacent to an activating group) is 1. The van der Waals surface area contributed by atoms with Crippen LogP contribution in [-0.4, -0.2) is 68.5 Å². The SMILES string of the molecule is CCCCCCCCCCCCCCCCCCCCCC(=O)NC(COP(=O)([O-])OCC[N+](C)(C)C)C(O)CCCCCCCCCCCCCCC. The molecule has 0 aliphatic heterocycles. The van der Waals surface area contributed by atoms with E-state index in [0.29, 0.717) is 23.9 Å². The molecular formula is C45H93N2O6P. The molecule has 0 radical (unpaired) electrons. The van der Waals surface area contributed by atoms with Gasteiger partial charge in [0.2, 0.25) is 5.91 Å². The Labute approximate surface area is 336 Å². The molecule has 0 aromatic carbocycles. The molecule has 0 fully saturated rings. The van der Waals surface area contributed by atoms with Gasteiger partial charge in [-0.1, -0.05) is 213 Å². The minimum absolute atomic E-state index is 0.0161. The lowest BCUT2D eigenvalue weighted by atomic mass is 10.0. The van der Waals surface area contributed by atoms with Crippen LogP contribution in [0.5, 0.6) is 0 Å². The van der Waals surface area contributed by atoms with Crippen molar-refractivity contribution in [2.24, 2.45) is 0 Å². The second kappa shape index (κ2) is 38.0. The second-order valence-corrected chi connectivity index (χ2v) is 18.9. The van der Waals surface area contributed by atoms with Crippen LogP contribution in [-0.2, 0) is 18.4 Å². The first kappa shape index (κ1) is 53.5. The zero-order valence-corrected chi connectivity index (χ0v) is 37.6. The van der Waals surface area contributed by atoms with Crippen LogP contribution in [0.25, 0.3) is 0 Å². The molecule has 1 amide bonds. The van der Waals surface area contributed by atoms with Crippen molar-refractivity contribution in [3.63, 3.8) is 0 Å². The summed E-state index contributed by atoms with van der Waals surface area (Å²) in [6, 6.07) is -0.792. The lowest BCUT2D eigenvalue weighted by molar-refractivity contribution is -0.870. The molecule has 0 heterocycles. The van der Waals surface area contributed by atoms with E-state index in [1.165, 1.54) is 167 Å². The molecular weight excluding hydrogens is 695 g/mol. The van der Waals surface area contributed by atoms with Crippen molar-refractivity contribution in [1.29, 1.82) is 0 Å². The van der Waals surface area contributed by atoms with Crippen molar-refractivity contribution < 1.29 is 32.9 Å². The highest BCUT2D eigenvalue weighted by molar-refractivity contribution is 7.45. The van der Waals surface area contributed by atoms with Crippen LogP contribution in [0.1, 0.15) is 232 Å². The molecule has 8 nitrogen and oxygen atoms in total. The number of rotatable bonds is 43.